The minimum absolute atomic E-state index is 0. The molecular weight excluding hydrogens is 300 g/mol. The number of benzene rings is 1. The summed E-state index contributed by atoms with van der Waals surface area (Å²) in [5.74, 6) is -0.0969. The number of aromatic nitrogens is 2. The number of carbonyl (C=O) groups is 1. The number of hydrogen-bond donors (Lipinski definition) is 2. The molecule has 0 unspecified atom stereocenters. The average molecular weight is 321 g/mol. The van der Waals surface area contributed by atoms with Crippen molar-refractivity contribution in [1.29, 1.82) is 0 Å². The highest BCUT2D eigenvalue weighted by Gasteiger charge is 2.12. The van der Waals surface area contributed by atoms with E-state index in [1.165, 1.54) is 0 Å². The molecule has 22 heavy (non-hydrogen) atoms. The minimum Gasteiger partial charge on any atom is -0.399 e. The predicted molar refractivity (Wildman–Crippen MR) is 90.3 cm³/mol. The zero-order valence-corrected chi connectivity index (χ0v) is 13.6. The van der Waals surface area contributed by atoms with Gasteiger partial charge in [-0.15, -0.1) is 12.4 Å². The molecule has 0 atom stereocenters. The van der Waals surface area contributed by atoms with E-state index in [-0.39, 0.29) is 18.3 Å². The van der Waals surface area contributed by atoms with E-state index in [2.05, 4.69) is 15.5 Å². The maximum absolute atomic E-state index is 12.2. The maximum atomic E-state index is 12.2. The SMILES string of the molecule is CCc1nnc(C)cc1C(=O)NCCc1ccc(N)cc1.Cl. The Bertz CT molecular complexity index is 629. The van der Waals surface area contributed by atoms with Gasteiger partial charge >= 0.3 is 0 Å². The molecule has 1 aromatic carbocycles. The lowest BCUT2D eigenvalue weighted by molar-refractivity contribution is 0.0952. The summed E-state index contributed by atoms with van der Waals surface area (Å²) in [6.07, 6.45) is 1.46. The molecule has 0 spiro atoms. The lowest BCUT2D eigenvalue weighted by atomic mass is 10.1. The normalized spacial score (nSPS) is 9.91. The fraction of sp³-hybridized carbons (Fsp3) is 0.312. The van der Waals surface area contributed by atoms with E-state index in [0.717, 1.165) is 29.1 Å². The molecule has 6 heteroatoms. The number of nitrogens with one attached hydrogen (secondary N) is 1. The van der Waals surface area contributed by atoms with Crippen molar-refractivity contribution in [1.82, 2.24) is 15.5 Å². The Morgan fingerprint density at radius 3 is 2.55 bits per heavy atom. The number of nitrogen functional groups attached to an aromatic ring is 1. The van der Waals surface area contributed by atoms with Crippen LogP contribution in [0.15, 0.2) is 30.3 Å². The first-order valence-electron chi connectivity index (χ1n) is 7.06. The third-order valence-electron chi connectivity index (χ3n) is 3.25. The van der Waals surface area contributed by atoms with Gasteiger partial charge in [-0.05, 0) is 43.5 Å². The van der Waals surface area contributed by atoms with Gasteiger partial charge in [0.05, 0.1) is 17.0 Å². The third-order valence-corrected chi connectivity index (χ3v) is 3.25. The van der Waals surface area contributed by atoms with Crippen molar-refractivity contribution in [3.63, 3.8) is 0 Å². The van der Waals surface area contributed by atoms with E-state index in [0.29, 0.717) is 18.5 Å². The maximum Gasteiger partial charge on any atom is 0.253 e. The van der Waals surface area contributed by atoms with Gasteiger partial charge in [0.15, 0.2) is 0 Å². The van der Waals surface area contributed by atoms with E-state index in [1.54, 1.807) is 6.07 Å². The molecular formula is C16H21ClN4O. The number of carbonyl (C=O) groups excluding carboxylic acids is 1. The molecule has 3 N–H and O–H groups in total. The van der Waals surface area contributed by atoms with Crippen LogP contribution in [0.1, 0.15) is 34.2 Å². The topological polar surface area (TPSA) is 80.9 Å². The molecule has 5 nitrogen and oxygen atoms in total. The van der Waals surface area contributed by atoms with Crippen LogP contribution >= 0.6 is 12.4 Å². The highest BCUT2D eigenvalue weighted by molar-refractivity contribution is 5.95. The van der Waals surface area contributed by atoms with Gasteiger partial charge in [0.25, 0.3) is 5.91 Å². The Kier molecular flexibility index (Phi) is 6.79. The highest BCUT2D eigenvalue weighted by atomic mass is 35.5. The zero-order chi connectivity index (χ0) is 15.2. The van der Waals surface area contributed by atoms with E-state index >= 15 is 0 Å². The van der Waals surface area contributed by atoms with Crippen LogP contribution in [-0.4, -0.2) is 22.6 Å². The molecule has 0 bridgehead atoms. The van der Waals surface area contributed by atoms with Crippen molar-refractivity contribution in [2.75, 3.05) is 12.3 Å². The van der Waals surface area contributed by atoms with Gasteiger partial charge in [-0.3, -0.25) is 4.79 Å². The second kappa shape index (κ2) is 8.34. The molecule has 118 valence electrons. The van der Waals surface area contributed by atoms with Crippen LogP contribution in [0.3, 0.4) is 0 Å². The smallest absolute Gasteiger partial charge is 0.253 e. The van der Waals surface area contributed by atoms with Gasteiger partial charge in [-0.2, -0.15) is 10.2 Å². The number of rotatable bonds is 5. The largest absolute Gasteiger partial charge is 0.399 e. The van der Waals surface area contributed by atoms with E-state index in [9.17, 15) is 4.79 Å². The first-order chi connectivity index (χ1) is 10.1. The first kappa shape index (κ1) is 17.9. The van der Waals surface area contributed by atoms with E-state index < -0.39 is 0 Å². The van der Waals surface area contributed by atoms with Crippen molar-refractivity contribution >= 4 is 24.0 Å². The Morgan fingerprint density at radius 1 is 1.23 bits per heavy atom. The summed E-state index contributed by atoms with van der Waals surface area (Å²) in [5, 5.41) is 11.0. The van der Waals surface area contributed by atoms with Crippen LogP contribution in [0.2, 0.25) is 0 Å². The number of halogens is 1. The van der Waals surface area contributed by atoms with E-state index in [1.807, 2.05) is 38.1 Å². The number of nitrogens with zero attached hydrogens (tertiary/aromatic N) is 2. The summed E-state index contributed by atoms with van der Waals surface area (Å²) >= 11 is 0. The van der Waals surface area contributed by atoms with Crippen LogP contribution < -0.4 is 11.1 Å². The fourth-order valence-corrected chi connectivity index (χ4v) is 2.07. The molecule has 0 aliphatic heterocycles. The van der Waals surface area contributed by atoms with Gasteiger partial charge in [0, 0.05) is 12.2 Å². The summed E-state index contributed by atoms with van der Waals surface area (Å²) in [7, 11) is 0. The molecule has 2 aromatic rings. The lowest BCUT2D eigenvalue weighted by Gasteiger charge is -2.08. The second-order valence-electron chi connectivity index (χ2n) is 4.95. The lowest BCUT2D eigenvalue weighted by Crippen LogP contribution is -2.27. The Hall–Kier alpha value is -2.14. The number of anilines is 1. The molecule has 0 radical (unpaired) electrons. The molecule has 1 heterocycles. The Balaban J connectivity index is 0.00000242. The van der Waals surface area contributed by atoms with Gasteiger partial charge in [0.2, 0.25) is 0 Å². The number of nitrogens with two attached hydrogens (primary N) is 1. The molecule has 1 amide bonds. The minimum atomic E-state index is -0.0969. The van der Waals surface area contributed by atoms with Crippen LogP contribution in [-0.2, 0) is 12.8 Å². The summed E-state index contributed by atoms with van der Waals surface area (Å²) < 4.78 is 0. The Labute approximate surface area is 136 Å². The van der Waals surface area contributed by atoms with Gasteiger partial charge in [-0.1, -0.05) is 19.1 Å². The quantitative estimate of drug-likeness (QED) is 0.828. The standard InChI is InChI=1S/C16H20N4O.ClH/c1-3-15-14(10-11(2)19-20-15)16(21)18-9-8-12-4-6-13(17)7-5-12;/h4-7,10H,3,8-9,17H2,1-2H3,(H,18,21);1H. The van der Waals surface area contributed by atoms with Gasteiger partial charge in [0.1, 0.15) is 0 Å². The van der Waals surface area contributed by atoms with Crippen molar-refractivity contribution in [2.45, 2.75) is 26.7 Å². The van der Waals surface area contributed by atoms with Crippen LogP contribution in [0.5, 0.6) is 0 Å². The van der Waals surface area contributed by atoms with Crippen LogP contribution in [0.25, 0.3) is 0 Å². The molecule has 1 aromatic heterocycles. The fourth-order valence-electron chi connectivity index (χ4n) is 2.07. The molecule has 0 aliphatic carbocycles. The van der Waals surface area contributed by atoms with Crippen molar-refractivity contribution < 1.29 is 4.79 Å². The Morgan fingerprint density at radius 2 is 1.91 bits per heavy atom. The third kappa shape index (κ3) is 4.70. The summed E-state index contributed by atoms with van der Waals surface area (Å²) in [5.41, 5.74) is 9.62. The van der Waals surface area contributed by atoms with Crippen molar-refractivity contribution in [2.24, 2.45) is 0 Å². The molecule has 0 saturated carbocycles. The van der Waals surface area contributed by atoms with Gasteiger partial charge < -0.3 is 11.1 Å². The first-order valence-corrected chi connectivity index (χ1v) is 7.06. The average Bonchev–Trinajstić information content (AvgIpc) is 2.49. The van der Waals surface area contributed by atoms with E-state index in [4.69, 9.17) is 5.73 Å². The summed E-state index contributed by atoms with van der Waals surface area (Å²) in [6, 6.07) is 9.45. The van der Waals surface area contributed by atoms with Crippen LogP contribution in [0, 0.1) is 6.92 Å². The number of amides is 1. The summed E-state index contributed by atoms with van der Waals surface area (Å²) in [6.45, 7) is 4.37. The molecule has 0 fully saturated rings. The monoisotopic (exact) mass is 320 g/mol. The summed E-state index contributed by atoms with van der Waals surface area (Å²) in [4.78, 5) is 12.2. The number of aryl methyl sites for hydroxylation is 2. The molecule has 0 saturated heterocycles. The van der Waals surface area contributed by atoms with Crippen molar-refractivity contribution in [3.8, 4) is 0 Å². The number of hydrogen-bond acceptors (Lipinski definition) is 4. The molecule has 0 aliphatic rings. The highest BCUT2D eigenvalue weighted by Crippen LogP contribution is 2.08. The van der Waals surface area contributed by atoms with Gasteiger partial charge in [-0.25, -0.2) is 0 Å². The molecule has 2 rings (SSSR count). The van der Waals surface area contributed by atoms with Crippen molar-refractivity contribution in [3.05, 3.63) is 52.8 Å². The van der Waals surface area contributed by atoms with Crippen LogP contribution in [0.4, 0.5) is 5.69 Å². The predicted octanol–water partition coefficient (Wildman–Crippen LogP) is 2.32. The second-order valence-corrected chi connectivity index (χ2v) is 4.95. The zero-order valence-electron chi connectivity index (χ0n) is 12.8.